The van der Waals surface area contributed by atoms with Gasteiger partial charge in [0.25, 0.3) is 0 Å². The Morgan fingerprint density at radius 3 is 2.88 bits per heavy atom. The van der Waals surface area contributed by atoms with E-state index in [0.29, 0.717) is 17.4 Å². The summed E-state index contributed by atoms with van der Waals surface area (Å²) >= 11 is 3.39. The molecule has 5 heteroatoms. The molecular formula is C11H13BrN4. The molecular weight excluding hydrogens is 268 g/mol. The Labute approximate surface area is 102 Å². The van der Waals surface area contributed by atoms with Gasteiger partial charge in [-0.2, -0.15) is 0 Å². The van der Waals surface area contributed by atoms with E-state index >= 15 is 0 Å². The molecule has 0 aliphatic heterocycles. The zero-order valence-corrected chi connectivity index (χ0v) is 10.8. The Balaban J connectivity index is 2.21. The van der Waals surface area contributed by atoms with Crippen LogP contribution in [0.1, 0.15) is 26.3 Å². The minimum atomic E-state index is 0.316. The van der Waals surface area contributed by atoms with Crippen molar-refractivity contribution in [3.05, 3.63) is 16.7 Å². The summed E-state index contributed by atoms with van der Waals surface area (Å²) in [6.45, 7) is 4.48. The van der Waals surface area contributed by atoms with Gasteiger partial charge in [-0.3, -0.25) is 4.57 Å². The highest BCUT2D eigenvalue weighted by atomic mass is 79.9. The SMILES string of the molecule is CC1(C)CC1n1c(N)nc2cc(Br)cnc21. The van der Waals surface area contributed by atoms with Gasteiger partial charge < -0.3 is 5.73 Å². The number of hydrogen-bond acceptors (Lipinski definition) is 3. The number of anilines is 1. The predicted molar refractivity (Wildman–Crippen MR) is 67.1 cm³/mol. The van der Waals surface area contributed by atoms with E-state index in [2.05, 4.69) is 44.3 Å². The van der Waals surface area contributed by atoms with Crippen LogP contribution in [0.4, 0.5) is 5.95 Å². The molecule has 1 fully saturated rings. The monoisotopic (exact) mass is 280 g/mol. The van der Waals surface area contributed by atoms with Crippen molar-refractivity contribution in [3.8, 4) is 0 Å². The van der Waals surface area contributed by atoms with E-state index in [0.717, 1.165) is 22.1 Å². The lowest BCUT2D eigenvalue weighted by molar-refractivity contribution is 0.551. The number of pyridine rings is 1. The standard InChI is InChI=1S/C11H13BrN4/c1-11(2)4-8(11)16-9-7(15-10(16)13)3-6(12)5-14-9/h3,5,8H,4H2,1-2H3,(H2,13,15). The number of nitrogen functional groups attached to an aromatic ring is 1. The molecule has 2 N–H and O–H groups in total. The van der Waals surface area contributed by atoms with Gasteiger partial charge in [0, 0.05) is 16.7 Å². The highest BCUT2D eigenvalue weighted by Gasteiger charge is 2.48. The molecule has 1 aliphatic rings. The first-order chi connectivity index (χ1) is 7.49. The average molecular weight is 281 g/mol. The zero-order chi connectivity index (χ0) is 11.5. The van der Waals surface area contributed by atoms with E-state index in [1.54, 1.807) is 6.20 Å². The maximum Gasteiger partial charge on any atom is 0.202 e. The molecule has 0 aromatic carbocycles. The summed E-state index contributed by atoms with van der Waals surface area (Å²) in [5.74, 6) is 0.566. The smallest absolute Gasteiger partial charge is 0.202 e. The van der Waals surface area contributed by atoms with Crippen LogP contribution in [0.2, 0.25) is 0 Å². The van der Waals surface area contributed by atoms with Crippen molar-refractivity contribution in [2.75, 3.05) is 5.73 Å². The molecule has 4 nitrogen and oxygen atoms in total. The van der Waals surface area contributed by atoms with Crippen LogP contribution in [0.15, 0.2) is 16.7 Å². The third-order valence-electron chi connectivity index (χ3n) is 3.30. The maximum atomic E-state index is 5.96. The number of halogens is 1. The molecule has 2 aromatic rings. The van der Waals surface area contributed by atoms with Gasteiger partial charge in [0.05, 0.1) is 0 Å². The molecule has 16 heavy (non-hydrogen) atoms. The first kappa shape index (κ1) is 10.1. The summed E-state index contributed by atoms with van der Waals surface area (Å²) in [6.07, 6.45) is 2.93. The summed E-state index contributed by atoms with van der Waals surface area (Å²) < 4.78 is 2.99. The van der Waals surface area contributed by atoms with Gasteiger partial charge in [-0.15, -0.1) is 0 Å². The van der Waals surface area contributed by atoms with Crippen molar-refractivity contribution in [1.82, 2.24) is 14.5 Å². The number of rotatable bonds is 1. The third kappa shape index (κ3) is 1.34. The van der Waals surface area contributed by atoms with Crippen molar-refractivity contribution >= 4 is 33.0 Å². The van der Waals surface area contributed by atoms with E-state index in [9.17, 15) is 0 Å². The summed E-state index contributed by atoms with van der Waals surface area (Å²) in [4.78, 5) is 8.75. The fourth-order valence-corrected chi connectivity index (χ4v) is 2.48. The summed E-state index contributed by atoms with van der Waals surface area (Å²) in [7, 11) is 0. The molecule has 1 saturated carbocycles. The van der Waals surface area contributed by atoms with Crippen LogP contribution in [-0.4, -0.2) is 14.5 Å². The number of nitrogens with zero attached hydrogens (tertiary/aromatic N) is 3. The molecule has 1 unspecified atom stereocenters. The van der Waals surface area contributed by atoms with Gasteiger partial charge >= 0.3 is 0 Å². The van der Waals surface area contributed by atoms with Gasteiger partial charge in [0.1, 0.15) is 5.52 Å². The van der Waals surface area contributed by atoms with Crippen LogP contribution in [0.25, 0.3) is 11.2 Å². The van der Waals surface area contributed by atoms with E-state index in [1.165, 1.54) is 0 Å². The molecule has 84 valence electrons. The Morgan fingerprint density at radius 2 is 2.25 bits per heavy atom. The minimum absolute atomic E-state index is 0.316. The van der Waals surface area contributed by atoms with Crippen molar-refractivity contribution in [3.63, 3.8) is 0 Å². The van der Waals surface area contributed by atoms with Crippen LogP contribution in [-0.2, 0) is 0 Å². The quantitative estimate of drug-likeness (QED) is 0.874. The number of imidazole rings is 1. The van der Waals surface area contributed by atoms with Crippen LogP contribution < -0.4 is 5.73 Å². The van der Waals surface area contributed by atoms with E-state index < -0.39 is 0 Å². The molecule has 1 atom stereocenters. The second kappa shape index (κ2) is 2.97. The molecule has 2 heterocycles. The number of aromatic nitrogens is 3. The van der Waals surface area contributed by atoms with Gasteiger partial charge in [-0.1, -0.05) is 13.8 Å². The second-order valence-electron chi connectivity index (χ2n) is 5.04. The van der Waals surface area contributed by atoms with Gasteiger partial charge in [0.15, 0.2) is 5.65 Å². The van der Waals surface area contributed by atoms with Crippen LogP contribution >= 0.6 is 15.9 Å². The lowest BCUT2D eigenvalue weighted by Crippen LogP contribution is -2.05. The highest BCUT2D eigenvalue weighted by molar-refractivity contribution is 9.10. The largest absolute Gasteiger partial charge is 0.369 e. The van der Waals surface area contributed by atoms with Crippen LogP contribution in [0, 0.1) is 5.41 Å². The second-order valence-corrected chi connectivity index (χ2v) is 5.96. The fourth-order valence-electron chi connectivity index (χ4n) is 2.16. The Bertz CT molecular complexity index is 573. The van der Waals surface area contributed by atoms with Gasteiger partial charge in [0.2, 0.25) is 5.95 Å². The lowest BCUT2D eigenvalue weighted by atomic mass is 10.2. The molecule has 0 saturated heterocycles. The predicted octanol–water partition coefficient (Wildman–Crippen LogP) is 2.75. The summed E-state index contributed by atoms with van der Waals surface area (Å²) in [5.41, 5.74) is 8.02. The van der Waals surface area contributed by atoms with Crippen molar-refractivity contribution in [1.29, 1.82) is 0 Å². The first-order valence-electron chi connectivity index (χ1n) is 5.28. The Kier molecular flexibility index (Phi) is 1.87. The van der Waals surface area contributed by atoms with Crippen LogP contribution in [0.5, 0.6) is 0 Å². The maximum absolute atomic E-state index is 5.96. The van der Waals surface area contributed by atoms with E-state index in [-0.39, 0.29) is 0 Å². The highest BCUT2D eigenvalue weighted by Crippen LogP contribution is 2.56. The van der Waals surface area contributed by atoms with Crippen molar-refractivity contribution in [2.45, 2.75) is 26.3 Å². The van der Waals surface area contributed by atoms with Crippen molar-refractivity contribution < 1.29 is 0 Å². The molecule has 2 aromatic heterocycles. The number of hydrogen-bond donors (Lipinski definition) is 1. The van der Waals surface area contributed by atoms with Gasteiger partial charge in [-0.25, -0.2) is 9.97 Å². The Morgan fingerprint density at radius 1 is 1.56 bits per heavy atom. The minimum Gasteiger partial charge on any atom is -0.369 e. The van der Waals surface area contributed by atoms with E-state index in [4.69, 9.17) is 5.73 Å². The van der Waals surface area contributed by atoms with E-state index in [1.807, 2.05) is 6.07 Å². The van der Waals surface area contributed by atoms with Crippen LogP contribution in [0.3, 0.4) is 0 Å². The first-order valence-corrected chi connectivity index (χ1v) is 6.07. The number of nitrogens with two attached hydrogens (primary N) is 1. The lowest BCUT2D eigenvalue weighted by Gasteiger charge is -2.07. The molecule has 1 aliphatic carbocycles. The van der Waals surface area contributed by atoms with Gasteiger partial charge in [-0.05, 0) is 33.8 Å². The molecule has 3 rings (SSSR count). The summed E-state index contributed by atoms with van der Waals surface area (Å²) in [6, 6.07) is 2.39. The van der Waals surface area contributed by atoms with Crippen molar-refractivity contribution in [2.24, 2.45) is 5.41 Å². The number of fused-ring (bicyclic) bond motifs is 1. The molecule has 0 spiro atoms. The molecule has 0 bridgehead atoms. The fraction of sp³-hybridized carbons (Fsp3) is 0.455. The average Bonchev–Trinajstić information content (AvgIpc) is 2.67. The molecule has 0 radical (unpaired) electrons. The normalized spacial score (nSPS) is 22.6. The molecule has 0 amide bonds. The summed E-state index contributed by atoms with van der Waals surface area (Å²) in [5, 5.41) is 0. The zero-order valence-electron chi connectivity index (χ0n) is 9.24. The Hall–Kier alpha value is -1.10. The third-order valence-corrected chi connectivity index (χ3v) is 3.73. The topological polar surface area (TPSA) is 56.7 Å².